The van der Waals surface area contributed by atoms with Crippen molar-refractivity contribution in [2.75, 3.05) is 6.61 Å². The SMILES string of the molecule is CCO/C(=C\C=C(c1ccccc1)c1ccccc1)n1nnc2ccccc21. The largest absolute Gasteiger partial charge is 0.478 e. The van der Waals surface area contributed by atoms with E-state index in [1.165, 1.54) is 0 Å². The van der Waals surface area contributed by atoms with Gasteiger partial charge in [0.05, 0.1) is 12.1 Å². The van der Waals surface area contributed by atoms with Crippen LogP contribution in [0.4, 0.5) is 0 Å². The van der Waals surface area contributed by atoms with Crippen molar-refractivity contribution in [1.82, 2.24) is 15.0 Å². The van der Waals surface area contributed by atoms with Crippen LogP contribution in [0.2, 0.25) is 0 Å². The summed E-state index contributed by atoms with van der Waals surface area (Å²) in [4.78, 5) is 0. The Bertz CT molecular complexity index is 1070. The van der Waals surface area contributed by atoms with Gasteiger partial charge in [0.15, 0.2) is 0 Å². The Labute approximate surface area is 164 Å². The summed E-state index contributed by atoms with van der Waals surface area (Å²) in [6, 6.07) is 28.5. The first-order chi connectivity index (χ1) is 13.9. The van der Waals surface area contributed by atoms with Crippen LogP contribution in [0.15, 0.2) is 97.1 Å². The quantitative estimate of drug-likeness (QED) is 0.338. The minimum absolute atomic E-state index is 0.542. The molecule has 0 radical (unpaired) electrons. The number of benzene rings is 3. The zero-order valence-corrected chi connectivity index (χ0v) is 15.7. The van der Waals surface area contributed by atoms with Crippen molar-refractivity contribution in [3.63, 3.8) is 0 Å². The molecule has 0 fully saturated rings. The van der Waals surface area contributed by atoms with E-state index in [1.54, 1.807) is 4.68 Å². The topological polar surface area (TPSA) is 39.9 Å². The number of allylic oxidation sites excluding steroid dienone is 2. The molecule has 0 unspecified atom stereocenters. The molecule has 0 aliphatic carbocycles. The first kappa shape index (κ1) is 17.7. The molecule has 0 bridgehead atoms. The Morgan fingerprint density at radius 1 is 0.821 bits per heavy atom. The van der Waals surface area contributed by atoms with Crippen molar-refractivity contribution in [1.29, 1.82) is 0 Å². The third-order valence-electron chi connectivity index (χ3n) is 4.41. The molecule has 0 atom stereocenters. The van der Waals surface area contributed by atoms with Crippen molar-refractivity contribution >= 4 is 22.5 Å². The summed E-state index contributed by atoms with van der Waals surface area (Å²) in [7, 11) is 0. The molecule has 0 spiro atoms. The number of ether oxygens (including phenoxy) is 1. The molecule has 1 aromatic heterocycles. The van der Waals surface area contributed by atoms with E-state index in [4.69, 9.17) is 4.74 Å². The summed E-state index contributed by atoms with van der Waals surface area (Å²) >= 11 is 0. The van der Waals surface area contributed by atoms with Crippen LogP contribution in [0.3, 0.4) is 0 Å². The molecule has 4 nitrogen and oxygen atoms in total. The molecule has 138 valence electrons. The Hall–Kier alpha value is -3.66. The van der Waals surface area contributed by atoms with Crippen molar-refractivity contribution in [3.05, 3.63) is 108 Å². The van der Waals surface area contributed by atoms with Gasteiger partial charge in [-0.1, -0.05) is 78.0 Å². The molecule has 0 saturated carbocycles. The lowest BCUT2D eigenvalue weighted by Gasteiger charge is -2.10. The molecular formula is C24H21N3O. The second-order valence-electron chi connectivity index (χ2n) is 6.24. The van der Waals surface area contributed by atoms with E-state index in [-0.39, 0.29) is 0 Å². The smallest absolute Gasteiger partial charge is 0.216 e. The highest BCUT2D eigenvalue weighted by Crippen LogP contribution is 2.24. The van der Waals surface area contributed by atoms with Gasteiger partial charge in [-0.3, -0.25) is 0 Å². The van der Waals surface area contributed by atoms with E-state index >= 15 is 0 Å². The van der Waals surface area contributed by atoms with Crippen LogP contribution in [-0.2, 0) is 4.74 Å². The average Bonchev–Trinajstić information content (AvgIpc) is 3.19. The standard InChI is InChI=1S/C24H21N3O/c1-2-28-24(27-23-16-10-9-15-22(23)25-26-27)18-17-21(19-11-5-3-6-12-19)20-13-7-4-8-14-20/h3-18H,2H2,1H3/b24-18-. The van der Waals surface area contributed by atoms with Crippen LogP contribution < -0.4 is 0 Å². The third kappa shape index (κ3) is 3.71. The Morgan fingerprint density at radius 3 is 2.07 bits per heavy atom. The zero-order valence-electron chi connectivity index (χ0n) is 15.7. The highest BCUT2D eigenvalue weighted by atomic mass is 16.5. The minimum atomic E-state index is 0.542. The summed E-state index contributed by atoms with van der Waals surface area (Å²) in [5.41, 5.74) is 5.15. The number of hydrogen-bond acceptors (Lipinski definition) is 3. The maximum absolute atomic E-state index is 5.89. The fraction of sp³-hybridized carbons (Fsp3) is 0.0833. The summed E-state index contributed by atoms with van der Waals surface area (Å²) in [6.07, 6.45) is 4.03. The number of para-hydroxylation sites is 1. The van der Waals surface area contributed by atoms with Crippen LogP contribution >= 0.6 is 0 Å². The van der Waals surface area contributed by atoms with Gasteiger partial charge in [-0.15, -0.1) is 5.10 Å². The molecule has 0 aliphatic rings. The van der Waals surface area contributed by atoms with Gasteiger partial charge < -0.3 is 4.74 Å². The summed E-state index contributed by atoms with van der Waals surface area (Å²) in [5, 5.41) is 8.52. The molecule has 4 rings (SSSR count). The van der Waals surface area contributed by atoms with Gasteiger partial charge in [-0.2, -0.15) is 4.68 Å². The van der Waals surface area contributed by atoms with Crippen LogP contribution in [0.25, 0.3) is 22.5 Å². The van der Waals surface area contributed by atoms with Crippen LogP contribution in [0.1, 0.15) is 18.1 Å². The van der Waals surface area contributed by atoms with Gasteiger partial charge in [0, 0.05) is 6.08 Å². The van der Waals surface area contributed by atoms with E-state index in [1.807, 2.05) is 73.7 Å². The van der Waals surface area contributed by atoms with Gasteiger partial charge in [0.2, 0.25) is 5.88 Å². The Morgan fingerprint density at radius 2 is 1.43 bits per heavy atom. The number of aromatic nitrogens is 3. The first-order valence-corrected chi connectivity index (χ1v) is 9.33. The van der Waals surface area contributed by atoms with Gasteiger partial charge >= 0.3 is 0 Å². The molecule has 0 N–H and O–H groups in total. The lowest BCUT2D eigenvalue weighted by molar-refractivity contribution is 0.273. The predicted octanol–water partition coefficient (Wildman–Crippen LogP) is 5.40. The van der Waals surface area contributed by atoms with Crippen molar-refractivity contribution < 1.29 is 4.74 Å². The molecular weight excluding hydrogens is 346 g/mol. The second-order valence-corrected chi connectivity index (χ2v) is 6.24. The van der Waals surface area contributed by atoms with Crippen molar-refractivity contribution in [2.45, 2.75) is 6.92 Å². The Kier molecular flexibility index (Phi) is 5.29. The van der Waals surface area contributed by atoms with E-state index in [0.29, 0.717) is 12.5 Å². The summed E-state index contributed by atoms with van der Waals surface area (Å²) in [6.45, 7) is 2.51. The molecule has 3 aromatic carbocycles. The normalized spacial score (nSPS) is 11.4. The van der Waals surface area contributed by atoms with E-state index < -0.39 is 0 Å². The highest BCUT2D eigenvalue weighted by molar-refractivity contribution is 5.82. The number of nitrogens with zero attached hydrogens (tertiary/aromatic N) is 3. The minimum Gasteiger partial charge on any atom is -0.478 e. The molecule has 0 amide bonds. The number of fused-ring (bicyclic) bond motifs is 1. The van der Waals surface area contributed by atoms with Gasteiger partial charge in [-0.05, 0) is 41.8 Å². The summed E-state index contributed by atoms with van der Waals surface area (Å²) < 4.78 is 7.63. The molecule has 0 saturated heterocycles. The van der Waals surface area contributed by atoms with Gasteiger partial charge in [0.25, 0.3) is 0 Å². The fourth-order valence-corrected chi connectivity index (χ4v) is 3.11. The molecule has 28 heavy (non-hydrogen) atoms. The van der Waals surface area contributed by atoms with Crippen LogP contribution in [0, 0.1) is 0 Å². The molecule has 0 aliphatic heterocycles. The molecule has 4 aromatic rings. The molecule has 4 heteroatoms. The second kappa shape index (κ2) is 8.35. The molecule has 1 heterocycles. The number of hydrogen-bond donors (Lipinski definition) is 0. The monoisotopic (exact) mass is 367 g/mol. The van der Waals surface area contributed by atoms with Crippen LogP contribution in [0.5, 0.6) is 0 Å². The third-order valence-corrected chi connectivity index (χ3v) is 4.41. The average molecular weight is 367 g/mol. The van der Waals surface area contributed by atoms with E-state index in [2.05, 4.69) is 40.7 Å². The fourth-order valence-electron chi connectivity index (χ4n) is 3.11. The lowest BCUT2D eigenvalue weighted by atomic mass is 9.97. The zero-order chi connectivity index (χ0) is 19.2. The Balaban J connectivity index is 1.82. The first-order valence-electron chi connectivity index (χ1n) is 9.33. The summed E-state index contributed by atoms with van der Waals surface area (Å²) in [5.74, 6) is 0.639. The van der Waals surface area contributed by atoms with Crippen LogP contribution in [-0.4, -0.2) is 21.6 Å². The van der Waals surface area contributed by atoms with E-state index in [0.717, 1.165) is 27.7 Å². The van der Waals surface area contributed by atoms with Gasteiger partial charge in [-0.25, -0.2) is 0 Å². The highest BCUT2D eigenvalue weighted by Gasteiger charge is 2.09. The predicted molar refractivity (Wildman–Crippen MR) is 113 cm³/mol. The number of rotatable bonds is 6. The lowest BCUT2D eigenvalue weighted by Crippen LogP contribution is -2.03. The van der Waals surface area contributed by atoms with Crippen molar-refractivity contribution in [2.24, 2.45) is 0 Å². The van der Waals surface area contributed by atoms with Gasteiger partial charge in [0.1, 0.15) is 5.52 Å². The van der Waals surface area contributed by atoms with Crippen molar-refractivity contribution in [3.8, 4) is 0 Å². The van der Waals surface area contributed by atoms with E-state index in [9.17, 15) is 0 Å². The maximum atomic E-state index is 5.89. The maximum Gasteiger partial charge on any atom is 0.216 e.